The first-order valence-electron chi connectivity index (χ1n) is 10.0. The van der Waals surface area contributed by atoms with Crippen LogP contribution >= 0.6 is 11.3 Å². The molecule has 2 saturated heterocycles. The third-order valence-electron chi connectivity index (χ3n) is 6.45. The summed E-state index contributed by atoms with van der Waals surface area (Å²) in [7, 11) is 0. The molecule has 0 unspecified atom stereocenters. The molecule has 5 heterocycles. The Morgan fingerprint density at radius 1 is 1.42 bits per heavy atom. The van der Waals surface area contributed by atoms with Crippen LogP contribution in [-0.2, 0) is 9.59 Å². The van der Waals surface area contributed by atoms with E-state index >= 15 is 0 Å². The van der Waals surface area contributed by atoms with Gasteiger partial charge in [-0.15, -0.1) is 11.3 Å². The van der Waals surface area contributed by atoms with Crippen LogP contribution in [0.4, 0.5) is 0 Å². The van der Waals surface area contributed by atoms with Gasteiger partial charge in [0, 0.05) is 17.7 Å². The van der Waals surface area contributed by atoms with Crippen LogP contribution in [0.5, 0.6) is 0 Å². The number of fused-ring (bicyclic) bond motifs is 2. The van der Waals surface area contributed by atoms with Gasteiger partial charge in [0.25, 0.3) is 0 Å². The molecule has 2 N–H and O–H groups in total. The van der Waals surface area contributed by atoms with Gasteiger partial charge < -0.3 is 25.2 Å². The van der Waals surface area contributed by atoms with Crippen molar-refractivity contribution in [2.45, 2.75) is 44.9 Å². The van der Waals surface area contributed by atoms with Crippen LogP contribution in [0.2, 0.25) is 0 Å². The number of hydrogen-bond acceptors (Lipinski definition) is 8. The zero-order valence-electron chi connectivity index (χ0n) is 17.5. The van der Waals surface area contributed by atoms with Crippen molar-refractivity contribution in [2.24, 2.45) is 11.8 Å². The summed E-state index contributed by atoms with van der Waals surface area (Å²) in [5, 5.41) is 25.1. The minimum Gasteiger partial charge on any atom is -0.543 e. The Bertz CT molecular complexity index is 1120. The molecule has 3 aliphatic heterocycles. The topological polar surface area (TPSA) is 127 Å². The van der Waals surface area contributed by atoms with Crippen molar-refractivity contribution >= 4 is 39.4 Å². The van der Waals surface area contributed by atoms with Gasteiger partial charge in [-0.25, -0.2) is 4.98 Å². The van der Waals surface area contributed by atoms with Crippen molar-refractivity contribution in [3.05, 3.63) is 28.8 Å². The van der Waals surface area contributed by atoms with Gasteiger partial charge in [-0.1, -0.05) is 6.92 Å². The van der Waals surface area contributed by atoms with Gasteiger partial charge in [0.05, 0.1) is 40.6 Å². The number of carboxylic acid groups (broad SMARTS) is 1. The fourth-order valence-electron chi connectivity index (χ4n) is 5.05. The third kappa shape index (κ3) is 3.23. The summed E-state index contributed by atoms with van der Waals surface area (Å²) in [5.74, 6) is -2.80. The molecule has 0 bridgehead atoms. The molecular weight excluding hydrogens is 431 g/mol. The molecule has 5 rings (SSSR count). The number of aromatic nitrogens is 2. The number of aliphatic hydroxyl groups excluding tert-OH is 1. The molecule has 2 aromatic rings. The summed E-state index contributed by atoms with van der Waals surface area (Å²) in [5.41, 5.74) is 0.730. The summed E-state index contributed by atoms with van der Waals surface area (Å²) in [4.78, 5) is 44.1. The molecule has 0 saturated carbocycles. The van der Waals surface area contributed by atoms with Crippen molar-refractivity contribution in [3.63, 3.8) is 0 Å². The number of nitrogens with zero attached hydrogens (tertiary/aromatic N) is 3. The van der Waals surface area contributed by atoms with Gasteiger partial charge in [-0.2, -0.15) is 0 Å². The summed E-state index contributed by atoms with van der Waals surface area (Å²) >= 11 is 1.28. The second kappa shape index (κ2) is 8.09. The van der Waals surface area contributed by atoms with Crippen molar-refractivity contribution in [3.8, 4) is 0 Å². The Morgan fingerprint density at radius 2 is 2.16 bits per heavy atom. The predicted octanol–water partition coefficient (Wildman–Crippen LogP) is -3.35. The zero-order valence-corrected chi connectivity index (χ0v) is 20.3. The van der Waals surface area contributed by atoms with Gasteiger partial charge in [0.1, 0.15) is 16.9 Å². The number of nitrogens with one attached hydrogen (secondary N) is 1. The molecule has 0 spiro atoms. The van der Waals surface area contributed by atoms with Crippen LogP contribution in [0.1, 0.15) is 42.1 Å². The number of aliphatic carboxylic acids is 1. The van der Waals surface area contributed by atoms with E-state index in [9.17, 15) is 24.6 Å². The van der Waals surface area contributed by atoms with Crippen molar-refractivity contribution in [1.82, 2.24) is 19.6 Å². The molecule has 2 fully saturated rings. The summed E-state index contributed by atoms with van der Waals surface area (Å²) < 4.78 is 1.72. The third-order valence-corrected chi connectivity index (χ3v) is 7.60. The van der Waals surface area contributed by atoms with Crippen molar-refractivity contribution in [2.75, 3.05) is 6.54 Å². The Balaban J connectivity index is 0.00000231. The number of aliphatic hydroxyl groups is 1. The Labute approximate surface area is 204 Å². The second-order valence-electron chi connectivity index (χ2n) is 8.22. The monoisotopic (exact) mass is 452 g/mol. The van der Waals surface area contributed by atoms with E-state index in [-0.39, 0.29) is 53.0 Å². The number of Topliss-reactive ketones (excluding diaryl/α,β-unsaturated/α-hetero) is 1. The maximum Gasteiger partial charge on any atom is 1.00 e. The quantitative estimate of drug-likeness (QED) is 0.276. The zero-order chi connectivity index (χ0) is 21.3. The Hall–Kier alpha value is -1.56. The van der Waals surface area contributed by atoms with E-state index in [1.807, 2.05) is 6.92 Å². The molecule has 11 heteroatoms. The average Bonchev–Trinajstić information content (AvgIpc) is 3.42. The number of carbonyl (C=O) groups is 3. The molecule has 9 nitrogen and oxygen atoms in total. The molecule has 0 radical (unpaired) electrons. The van der Waals surface area contributed by atoms with Crippen LogP contribution in [-0.4, -0.2) is 61.8 Å². The van der Waals surface area contributed by atoms with Crippen molar-refractivity contribution < 1.29 is 54.2 Å². The van der Waals surface area contributed by atoms with E-state index < -0.39 is 29.9 Å². The number of β-lactam (4-membered cyclic amide) rings is 1. The predicted molar refractivity (Wildman–Crippen MR) is 105 cm³/mol. The maximum atomic E-state index is 12.8. The maximum absolute atomic E-state index is 12.8. The van der Waals surface area contributed by atoms with Gasteiger partial charge in [-0.3, -0.25) is 14.0 Å². The number of imidazole rings is 1. The van der Waals surface area contributed by atoms with Gasteiger partial charge >= 0.3 is 29.6 Å². The summed E-state index contributed by atoms with van der Waals surface area (Å²) in [6, 6.07) is -0.659. The van der Waals surface area contributed by atoms with E-state index in [2.05, 4.69) is 10.3 Å². The number of carbonyl (C=O) groups excluding carboxylic acids is 3. The summed E-state index contributed by atoms with van der Waals surface area (Å²) in [6.45, 7) is 4.20. The number of rotatable bonds is 5. The smallest absolute Gasteiger partial charge is 0.543 e. The molecule has 31 heavy (non-hydrogen) atoms. The van der Waals surface area contributed by atoms with Crippen LogP contribution in [0.3, 0.4) is 0 Å². The van der Waals surface area contributed by atoms with Crippen molar-refractivity contribution in [1.29, 1.82) is 0 Å². The minimum atomic E-state index is -1.42. The SMILES string of the molecule is C[C@@H](O)[C@H]1C(=O)N2C(C(=O)[O-])=C(c3cn4cnc(C(=O)[C@@H]5CCCN5)c4s3)[C@H](C)[C@H]12.[Na+]. The summed E-state index contributed by atoms with van der Waals surface area (Å²) in [6.07, 6.45) is 4.14. The Kier molecular flexibility index (Phi) is 5.91. The van der Waals surface area contributed by atoms with Crippen LogP contribution in [0.15, 0.2) is 18.2 Å². The normalized spacial score (nSPS) is 28.5. The van der Waals surface area contributed by atoms with Crippen LogP contribution in [0.25, 0.3) is 10.4 Å². The first-order valence-corrected chi connectivity index (χ1v) is 10.8. The number of amides is 1. The molecule has 5 atom stereocenters. The van der Waals surface area contributed by atoms with E-state index in [0.717, 1.165) is 19.4 Å². The van der Waals surface area contributed by atoms with Gasteiger partial charge in [-0.05, 0) is 26.3 Å². The number of thiazole rings is 1. The number of carboxylic acids is 1. The van der Waals surface area contributed by atoms with Crippen LogP contribution in [0, 0.1) is 11.8 Å². The molecule has 2 aromatic heterocycles. The van der Waals surface area contributed by atoms with E-state index in [1.54, 1.807) is 23.8 Å². The Morgan fingerprint density at radius 3 is 2.77 bits per heavy atom. The fraction of sp³-hybridized carbons (Fsp3) is 0.500. The number of hydrogen-bond donors (Lipinski definition) is 2. The average molecular weight is 452 g/mol. The molecule has 1 amide bonds. The molecule has 158 valence electrons. The van der Waals surface area contributed by atoms with E-state index in [4.69, 9.17) is 0 Å². The van der Waals surface area contributed by atoms with Gasteiger partial charge in [0.15, 0.2) is 0 Å². The molecule has 3 aliphatic rings. The fourth-order valence-corrected chi connectivity index (χ4v) is 6.27. The number of ketones is 1. The standard InChI is InChI=1S/C20H22N4O5S.Na/c1-8-12(16(20(28)29)24-15(8)13(9(2)25)18(24)27)11-6-23-7-22-14(19(23)30-11)17(26)10-4-3-5-21-10;/h6-10,13,15,21,25H,3-5H2,1-2H3,(H,28,29);/q;+1/p-1/t8-,9+,10-,13+,15+;/m0./s1. The van der Waals surface area contributed by atoms with Crippen LogP contribution < -0.4 is 40.0 Å². The minimum absolute atomic E-state index is 0. The van der Waals surface area contributed by atoms with E-state index in [1.165, 1.54) is 16.2 Å². The molecular formula is C20H21N4NaO5S. The van der Waals surface area contributed by atoms with E-state index in [0.29, 0.717) is 21.0 Å². The first kappa shape index (κ1) is 22.6. The molecule has 0 aromatic carbocycles. The molecule has 0 aliphatic carbocycles. The second-order valence-corrected chi connectivity index (χ2v) is 9.25. The largest absolute Gasteiger partial charge is 1.00 e. The van der Waals surface area contributed by atoms with Gasteiger partial charge in [0.2, 0.25) is 11.7 Å². The first-order chi connectivity index (χ1) is 14.3.